The Morgan fingerprint density at radius 3 is 2.43 bits per heavy atom. The van der Waals surface area contributed by atoms with Crippen molar-refractivity contribution < 1.29 is 0 Å². The molecule has 2 aromatic rings. The summed E-state index contributed by atoms with van der Waals surface area (Å²) in [5, 5.41) is 3.28. The maximum absolute atomic E-state index is 3.71. The highest BCUT2D eigenvalue weighted by Crippen LogP contribution is 2.32. The summed E-state index contributed by atoms with van der Waals surface area (Å²) in [6, 6.07) is 15.6. The zero-order valence-electron chi connectivity index (χ0n) is 13.2. The molecule has 0 bridgehead atoms. The van der Waals surface area contributed by atoms with Crippen LogP contribution in [0.3, 0.4) is 0 Å². The third-order valence-electron chi connectivity index (χ3n) is 3.82. The topological polar surface area (TPSA) is 15.3 Å². The van der Waals surface area contributed by atoms with Crippen LogP contribution in [0.25, 0.3) is 0 Å². The van der Waals surface area contributed by atoms with Gasteiger partial charge < -0.3 is 10.2 Å². The fraction of sp³-hybridized carbons (Fsp3) is 0.333. The van der Waals surface area contributed by atoms with E-state index in [1.807, 2.05) is 7.05 Å². The maximum Gasteiger partial charge on any atom is 0.0422 e. The predicted octanol–water partition coefficient (Wildman–Crippen LogP) is 5.20. The average molecular weight is 347 g/mol. The molecule has 3 heteroatoms. The van der Waals surface area contributed by atoms with Crippen molar-refractivity contribution in [3.63, 3.8) is 0 Å². The van der Waals surface area contributed by atoms with E-state index >= 15 is 0 Å². The molecule has 0 aliphatic heterocycles. The van der Waals surface area contributed by atoms with Crippen molar-refractivity contribution in [2.45, 2.75) is 26.8 Å². The largest absolute Gasteiger partial charge is 0.342 e. The van der Waals surface area contributed by atoms with Crippen molar-refractivity contribution in [1.82, 2.24) is 5.32 Å². The van der Waals surface area contributed by atoms with Crippen molar-refractivity contribution in [3.05, 3.63) is 58.1 Å². The quantitative estimate of drug-likeness (QED) is 0.800. The normalized spacial score (nSPS) is 12.2. The van der Waals surface area contributed by atoms with Gasteiger partial charge in [0.05, 0.1) is 0 Å². The van der Waals surface area contributed by atoms with Crippen molar-refractivity contribution in [2.75, 3.05) is 18.5 Å². The van der Waals surface area contributed by atoms with Crippen molar-refractivity contribution >= 4 is 27.3 Å². The van der Waals surface area contributed by atoms with Crippen LogP contribution in [-0.2, 0) is 0 Å². The van der Waals surface area contributed by atoms with Gasteiger partial charge in [-0.05, 0) is 63.2 Å². The Kier molecular flexibility index (Phi) is 5.43. The summed E-state index contributed by atoms with van der Waals surface area (Å²) in [5.41, 5.74) is 5.01. The fourth-order valence-corrected chi connectivity index (χ4v) is 3.21. The first kappa shape index (κ1) is 16.1. The van der Waals surface area contributed by atoms with Crippen LogP contribution >= 0.6 is 15.9 Å². The highest BCUT2D eigenvalue weighted by molar-refractivity contribution is 9.10. The third-order valence-corrected chi connectivity index (χ3v) is 4.51. The Labute approximate surface area is 136 Å². The monoisotopic (exact) mass is 346 g/mol. The molecule has 0 fully saturated rings. The molecule has 21 heavy (non-hydrogen) atoms. The van der Waals surface area contributed by atoms with E-state index in [0.717, 1.165) is 11.0 Å². The first-order valence-electron chi connectivity index (χ1n) is 7.37. The Bertz CT molecular complexity index is 610. The summed E-state index contributed by atoms with van der Waals surface area (Å²) < 4.78 is 1.15. The van der Waals surface area contributed by atoms with Gasteiger partial charge in [-0.1, -0.05) is 34.1 Å². The molecule has 0 amide bonds. The van der Waals surface area contributed by atoms with E-state index in [0.29, 0.717) is 6.04 Å². The van der Waals surface area contributed by atoms with Crippen LogP contribution in [-0.4, -0.2) is 13.6 Å². The highest BCUT2D eigenvalue weighted by atomic mass is 79.9. The van der Waals surface area contributed by atoms with Crippen molar-refractivity contribution in [3.8, 4) is 0 Å². The van der Waals surface area contributed by atoms with E-state index in [1.54, 1.807) is 0 Å². The second-order valence-electron chi connectivity index (χ2n) is 5.30. The number of nitrogens with zero attached hydrogens (tertiary/aromatic N) is 1. The molecule has 112 valence electrons. The summed E-state index contributed by atoms with van der Waals surface area (Å²) in [6.45, 7) is 7.42. The highest BCUT2D eigenvalue weighted by Gasteiger charge is 2.12. The van der Waals surface area contributed by atoms with Crippen LogP contribution in [0.4, 0.5) is 11.4 Å². The van der Waals surface area contributed by atoms with Crippen molar-refractivity contribution in [1.29, 1.82) is 0 Å². The number of hydrogen-bond donors (Lipinski definition) is 1. The number of rotatable bonds is 5. The van der Waals surface area contributed by atoms with E-state index in [2.05, 4.69) is 89.4 Å². The second kappa shape index (κ2) is 7.10. The molecule has 1 N–H and O–H groups in total. The van der Waals surface area contributed by atoms with E-state index in [4.69, 9.17) is 0 Å². The predicted molar refractivity (Wildman–Crippen MR) is 95.5 cm³/mol. The molecule has 2 nitrogen and oxygen atoms in total. The van der Waals surface area contributed by atoms with Crippen LogP contribution in [0.5, 0.6) is 0 Å². The summed E-state index contributed by atoms with van der Waals surface area (Å²) in [6.07, 6.45) is 0. The first-order chi connectivity index (χ1) is 10.1. The van der Waals surface area contributed by atoms with E-state index in [1.165, 1.54) is 22.5 Å². The van der Waals surface area contributed by atoms with Gasteiger partial charge in [-0.2, -0.15) is 0 Å². The zero-order valence-corrected chi connectivity index (χ0v) is 14.7. The Balaban J connectivity index is 2.37. The first-order valence-corrected chi connectivity index (χ1v) is 8.17. The molecule has 0 spiro atoms. The number of nitrogens with one attached hydrogen (secondary N) is 1. The zero-order chi connectivity index (χ0) is 15.4. The lowest BCUT2D eigenvalue weighted by molar-refractivity contribution is 0.649. The Hall–Kier alpha value is -1.32. The Morgan fingerprint density at radius 1 is 1.14 bits per heavy atom. The number of aryl methyl sites for hydroxylation is 1. The Morgan fingerprint density at radius 2 is 1.86 bits per heavy atom. The lowest BCUT2D eigenvalue weighted by Crippen LogP contribution is -2.17. The van der Waals surface area contributed by atoms with Gasteiger partial charge in [0, 0.05) is 28.4 Å². The molecule has 0 aromatic heterocycles. The SMILES string of the molecule is CCN(c1cccc(C)c1)c1ccc(C(C)NC)c(Br)c1. The standard InChI is InChI=1S/C18H23BrN2/c1-5-21(15-8-6-7-13(2)11-15)16-9-10-17(14(3)20-4)18(19)12-16/h6-12,14,20H,5H2,1-4H3. The number of hydrogen-bond acceptors (Lipinski definition) is 2. The molecule has 0 radical (unpaired) electrons. The third kappa shape index (κ3) is 3.66. The van der Waals surface area contributed by atoms with Gasteiger partial charge in [-0.15, -0.1) is 0 Å². The van der Waals surface area contributed by atoms with Gasteiger partial charge in [-0.25, -0.2) is 0 Å². The molecule has 1 unspecified atom stereocenters. The fourth-order valence-electron chi connectivity index (χ4n) is 2.50. The smallest absolute Gasteiger partial charge is 0.0422 e. The maximum atomic E-state index is 3.71. The van der Waals surface area contributed by atoms with Crippen LogP contribution in [0, 0.1) is 6.92 Å². The van der Waals surface area contributed by atoms with E-state index in [-0.39, 0.29) is 0 Å². The van der Waals surface area contributed by atoms with Gasteiger partial charge in [0.1, 0.15) is 0 Å². The lowest BCUT2D eigenvalue weighted by atomic mass is 10.1. The molecule has 2 rings (SSSR count). The summed E-state index contributed by atoms with van der Waals surface area (Å²) in [7, 11) is 1.98. The minimum absolute atomic E-state index is 0.336. The van der Waals surface area contributed by atoms with Gasteiger partial charge >= 0.3 is 0 Å². The molecular weight excluding hydrogens is 324 g/mol. The molecule has 0 aliphatic rings. The molecule has 0 aliphatic carbocycles. The molecular formula is C18H23BrN2. The summed E-state index contributed by atoms with van der Waals surface area (Å²) >= 11 is 3.71. The molecule has 0 heterocycles. The van der Waals surface area contributed by atoms with Crippen LogP contribution in [0.1, 0.15) is 31.0 Å². The van der Waals surface area contributed by atoms with Gasteiger partial charge in [0.15, 0.2) is 0 Å². The molecule has 0 saturated carbocycles. The molecule has 2 aromatic carbocycles. The number of halogens is 1. The summed E-state index contributed by atoms with van der Waals surface area (Å²) in [4.78, 5) is 2.32. The molecule has 1 atom stereocenters. The molecule has 0 saturated heterocycles. The minimum atomic E-state index is 0.336. The number of anilines is 2. The van der Waals surface area contributed by atoms with Crippen LogP contribution in [0.2, 0.25) is 0 Å². The lowest BCUT2D eigenvalue weighted by Gasteiger charge is -2.25. The van der Waals surface area contributed by atoms with Crippen LogP contribution < -0.4 is 10.2 Å². The van der Waals surface area contributed by atoms with Gasteiger partial charge in [0.25, 0.3) is 0 Å². The van der Waals surface area contributed by atoms with Gasteiger partial charge in [-0.3, -0.25) is 0 Å². The average Bonchev–Trinajstić information content (AvgIpc) is 2.47. The van der Waals surface area contributed by atoms with Crippen molar-refractivity contribution in [2.24, 2.45) is 0 Å². The minimum Gasteiger partial charge on any atom is -0.342 e. The van der Waals surface area contributed by atoms with Gasteiger partial charge in [0.2, 0.25) is 0 Å². The van der Waals surface area contributed by atoms with Crippen LogP contribution in [0.15, 0.2) is 46.9 Å². The van der Waals surface area contributed by atoms with E-state index in [9.17, 15) is 0 Å². The number of benzene rings is 2. The summed E-state index contributed by atoms with van der Waals surface area (Å²) in [5.74, 6) is 0. The van der Waals surface area contributed by atoms with E-state index < -0.39 is 0 Å². The second-order valence-corrected chi connectivity index (χ2v) is 6.15.